The fraction of sp³-hybridized carbons (Fsp3) is 0.611. The van der Waals surface area contributed by atoms with E-state index < -0.39 is 12.2 Å². The summed E-state index contributed by atoms with van der Waals surface area (Å²) in [5.41, 5.74) is 1.89. The lowest BCUT2D eigenvalue weighted by Gasteiger charge is -2.25. The number of nitrogens with zero attached hydrogens (tertiary/aromatic N) is 1. The number of benzene rings is 1. The zero-order valence-corrected chi connectivity index (χ0v) is 13.8. The summed E-state index contributed by atoms with van der Waals surface area (Å²) >= 11 is 0. The third kappa shape index (κ3) is 6.06. The van der Waals surface area contributed by atoms with E-state index in [1.165, 1.54) is 43.4 Å². The monoisotopic (exact) mass is 307 g/mol. The SMILES string of the molecule is CCCCCCCCCc1ccccc1N(C)C(O)C(=O)O. The molecule has 0 amide bonds. The van der Waals surface area contributed by atoms with Crippen molar-refractivity contribution >= 4 is 11.7 Å². The van der Waals surface area contributed by atoms with Gasteiger partial charge in [-0.05, 0) is 24.5 Å². The van der Waals surface area contributed by atoms with Gasteiger partial charge in [-0.2, -0.15) is 0 Å². The molecule has 22 heavy (non-hydrogen) atoms. The van der Waals surface area contributed by atoms with Crippen LogP contribution < -0.4 is 4.90 Å². The number of aliphatic hydroxyl groups is 1. The molecule has 4 heteroatoms. The molecule has 0 radical (unpaired) electrons. The fourth-order valence-corrected chi connectivity index (χ4v) is 2.64. The third-order valence-corrected chi connectivity index (χ3v) is 4.01. The molecule has 0 fully saturated rings. The molecule has 2 N–H and O–H groups in total. The largest absolute Gasteiger partial charge is 0.478 e. The number of para-hydroxylation sites is 1. The molecule has 0 saturated carbocycles. The number of unbranched alkanes of at least 4 members (excludes halogenated alkanes) is 6. The lowest BCUT2D eigenvalue weighted by atomic mass is 10.0. The molecule has 0 aliphatic carbocycles. The zero-order chi connectivity index (χ0) is 16.4. The summed E-state index contributed by atoms with van der Waals surface area (Å²) in [5, 5.41) is 18.6. The summed E-state index contributed by atoms with van der Waals surface area (Å²) in [6.45, 7) is 2.22. The van der Waals surface area contributed by atoms with Crippen molar-refractivity contribution in [1.29, 1.82) is 0 Å². The Labute approximate surface area is 133 Å². The molecule has 1 aromatic carbocycles. The first-order valence-electron chi connectivity index (χ1n) is 8.29. The standard InChI is InChI=1S/C18H29NO3/c1-3-4-5-6-7-8-9-12-15-13-10-11-14-16(15)19(2)17(20)18(21)22/h10-11,13-14,17,20H,3-9,12H2,1-2H3,(H,21,22). The minimum absolute atomic E-state index is 0.795. The van der Waals surface area contributed by atoms with Gasteiger partial charge in [0.05, 0.1) is 0 Å². The van der Waals surface area contributed by atoms with Crippen LogP contribution in [0, 0.1) is 0 Å². The van der Waals surface area contributed by atoms with Gasteiger partial charge in [0.2, 0.25) is 6.23 Å². The van der Waals surface area contributed by atoms with E-state index in [4.69, 9.17) is 5.11 Å². The molecule has 124 valence electrons. The Hall–Kier alpha value is -1.55. The van der Waals surface area contributed by atoms with Gasteiger partial charge in [-0.3, -0.25) is 0 Å². The van der Waals surface area contributed by atoms with Crippen molar-refractivity contribution in [3.05, 3.63) is 29.8 Å². The number of rotatable bonds is 11. The molecule has 1 rings (SSSR count). The van der Waals surface area contributed by atoms with E-state index in [2.05, 4.69) is 6.92 Å². The van der Waals surface area contributed by atoms with Crippen molar-refractivity contribution in [2.75, 3.05) is 11.9 Å². The number of aliphatic carboxylic acids is 1. The van der Waals surface area contributed by atoms with Crippen LogP contribution >= 0.6 is 0 Å². The van der Waals surface area contributed by atoms with Crippen LogP contribution in [-0.2, 0) is 11.2 Å². The maximum Gasteiger partial charge on any atom is 0.353 e. The number of carboxylic acids is 1. The quantitative estimate of drug-likeness (QED) is 0.482. The average Bonchev–Trinajstić information content (AvgIpc) is 2.53. The number of aryl methyl sites for hydroxylation is 1. The predicted octanol–water partition coefficient (Wildman–Crippen LogP) is 3.82. The number of likely N-dealkylation sites (N-methyl/N-ethyl adjacent to an activating group) is 1. The Morgan fingerprint density at radius 3 is 2.32 bits per heavy atom. The third-order valence-electron chi connectivity index (χ3n) is 4.01. The van der Waals surface area contributed by atoms with E-state index in [0.717, 1.165) is 24.1 Å². The fourth-order valence-electron chi connectivity index (χ4n) is 2.64. The van der Waals surface area contributed by atoms with Gasteiger partial charge in [-0.1, -0.05) is 63.6 Å². The van der Waals surface area contributed by atoms with Crippen LogP contribution in [0.25, 0.3) is 0 Å². The highest BCUT2D eigenvalue weighted by Gasteiger charge is 2.20. The van der Waals surface area contributed by atoms with Crippen LogP contribution in [-0.4, -0.2) is 29.5 Å². The van der Waals surface area contributed by atoms with Crippen LogP contribution in [0.2, 0.25) is 0 Å². The number of carbonyl (C=O) groups is 1. The number of hydrogen-bond donors (Lipinski definition) is 2. The highest BCUT2D eigenvalue weighted by molar-refractivity contribution is 5.76. The molecule has 0 heterocycles. The first-order valence-corrected chi connectivity index (χ1v) is 8.29. The number of aliphatic hydroxyl groups excluding tert-OH is 1. The second-order valence-corrected chi connectivity index (χ2v) is 5.82. The topological polar surface area (TPSA) is 60.8 Å². The summed E-state index contributed by atoms with van der Waals surface area (Å²) < 4.78 is 0. The molecule has 1 aromatic rings. The molecular formula is C18H29NO3. The Bertz CT molecular complexity index is 448. The Kier molecular flexibility index (Phi) is 8.60. The van der Waals surface area contributed by atoms with Crippen molar-refractivity contribution in [2.45, 2.75) is 64.5 Å². The average molecular weight is 307 g/mol. The number of carboxylic acid groups (broad SMARTS) is 1. The Morgan fingerprint density at radius 2 is 1.68 bits per heavy atom. The first-order chi connectivity index (χ1) is 10.6. The highest BCUT2D eigenvalue weighted by Crippen LogP contribution is 2.23. The van der Waals surface area contributed by atoms with E-state index >= 15 is 0 Å². The second kappa shape index (κ2) is 10.2. The van der Waals surface area contributed by atoms with Crippen LogP contribution in [0.5, 0.6) is 0 Å². The Morgan fingerprint density at radius 1 is 1.09 bits per heavy atom. The molecule has 0 aromatic heterocycles. The summed E-state index contributed by atoms with van der Waals surface area (Å²) in [6.07, 6.45) is 8.18. The van der Waals surface area contributed by atoms with Gasteiger partial charge in [0.1, 0.15) is 0 Å². The summed E-state index contributed by atoms with van der Waals surface area (Å²) in [4.78, 5) is 12.3. The van der Waals surface area contributed by atoms with E-state index in [9.17, 15) is 9.90 Å². The van der Waals surface area contributed by atoms with Gasteiger partial charge in [-0.15, -0.1) is 0 Å². The molecule has 0 aliphatic rings. The van der Waals surface area contributed by atoms with Gasteiger partial charge in [0.15, 0.2) is 0 Å². The molecular weight excluding hydrogens is 278 g/mol. The highest BCUT2D eigenvalue weighted by atomic mass is 16.4. The smallest absolute Gasteiger partial charge is 0.353 e. The van der Waals surface area contributed by atoms with Gasteiger partial charge in [0.25, 0.3) is 0 Å². The minimum Gasteiger partial charge on any atom is -0.478 e. The molecule has 1 atom stereocenters. The van der Waals surface area contributed by atoms with Gasteiger partial charge < -0.3 is 15.1 Å². The lowest BCUT2D eigenvalue weighted by molar-refractivity contribution is -0.146. The summed E-state index contributed by atoms with van der Waals surface area (Å²) in [7, 11) is 1.61. The van der Waals surface area contributed by atoms with Crippen LogP contribution in [0.1, 0.15) is 57.4 Å². The molecule has 1 unspecified atom stereocenters. The molecule has 0 spiro atoms. The lowest BCUT2D eigenvalue weighted by Crippen LogP contribution is -2.38. The summed E-state index contributed by atoms with van der Waals surface area (Å²) in [6, 6.07) is 7.70. The van der Waals surface area contributed by atoms with Gasteiger partial charge in [0, 0.05) is 12.7 Å². The molecule has 0 saturated heterocycles. The second-order valence-electron chi connectivity index (χ2n) is 5.82. The molecule has 4 nitrogen and oxygen atoms in total. The van der Waals surface area contributed by atoms with Crippen molar-refractivity contribution in [3.63, 3.8) is 0 Å². The molecule has 0 bridgehead atoms. The maximum absolute atomic E-state index is 10.9. The maximum atomic E-state index is 10.9. The normalized spacial score (nSPS) is 12.1. The summed E-state index contributed by atoms with van der Waals surface area (Å²) in [5.74, 6) is -1.23. The predicted molar refractivity (Wildman–Crippen MR) is 90.2 cm³/mol. The number of anilines is 1. The minimum atomic E-state index is -1.50. The van der Waals surface area contributed by atoms with Crippen LogP contribution in [0.4, 0.5) is 5.69 Å². The van der Waals surface area contributed by atoms with E-state index in [-0.39, 0.29) is 0 Å². The van der Waals surface area contributed by atoms with Crippen molar-refractivity contribution in [2.24, 2.45) is 0 Å². The zero-order valence-electron chi connectivity index (χ0n) is 13.8. The van der Waals surface area contributed by atoms with Gasteiger partial charge in [-0.25, -0.2) is 4.79 Å². The van der Waals surface area contributed by atoms with Crippen LogP contribution in [0.15, 0.2) is 24.3 Å². The first kappa shape index (κ1) is 18.5. The Balaban J connectivity index is 2.48. The van der Waals surface area contributed by atoms with Crippen molar-refractivity contribution < 1.29 is 15.0 Å². The van der Waals surface area contributed by atoms with E-state index in [1.807, 2.05) is 24.3 Å². The van der Waals surface area contributed by atoms with Crippen molar-refractivity contribution in [1.82, 2.24) is 0 Å². The number of hydrogen-bond acceptors (Lipinski definition) is 3. The van der Waals surface area contributed by atoms with Crippen molar-refractivity contribution in [3.8, 4) is 0 Å². The molecule has 0 aliphatic heterocycles. The van der Waals surface area contributed by atoms with Gasteiger partial charge >= 0.3 is 5.97 Å². The van der Waals surface area contributed by atoms with E-state index in [1.54, 1.807) is 7.05 Å². The van der Waals surface area contributed by atoms with E-state index in [0.29, 0.717) is 0 Å². The van der Waals surface area contributed by atoms with Crippen LogP contribution in [0.3, 0.4) is 0 Å².